The largest absolute Gasteiger partial charge is 0.335 e. The molecule has 0 aromatic heterocycles. The van der Waals surface area contributed by atoms with Gasteiger partial charge in [-0.3, -0.25) is 9.59 Å². The average molecular weight is 421 g/mol. The minimum Gasteiger partial charge on any atom is -0.335 e. The van der Waals surface area contributed by atoms with Gasteiger partial charge in [-0.15, -0.1) is 0 Å². The summed E-state index contributed by atoms with van der Waals surface area (Å²) in [7, 11) is 0. The molecular weight excluding hydrogens is 399 g/mol. The Morgan fingerprint density at radius 3 is 2.18 bits per heavy atom. The third-order valence-electron chi connectivity index (χ3n) is 4.69. The van der Waals surface area contributed by atoms with Gasteiger partial charge in [-0.2, -0.15) is 11.8 Å². The number of piperazine rings is 1. The van der Waals surface area contributed by atoms with Gasteiger partial charge in [-0.25, -0.2) is 4.39 Å². The van der Waals surface area contributed by atoms with Gasteiger partial charge in [0.2, 0.25) is 0 Å². The number of nitrogens with zero attached hydrogens (tertiary/aromatic N) is 2. The Labute approximate surface area is 173 Å². The van der Waals surface area contributed by atoms with Crippen molar-refractivity contribution in [2.24, 2.45) is 0 Å². The third kappa shape index (κ3) is 4.86. The molecule has 7 heteroatoms. The molecule has 1 heterocycles. The lowest BCUT2D eigenvalue weighted by molar-refractivity contribution is 0.0535. The van der Waals surface area contributed by atoms with Crippen LogP contribution in [0.1, 0.15) is 33.2 Å². The van der Waals surface area contributed by atoms with E-state index in [1.807, 2.05) is 36.0 Å². The van der Waals surface area contributed by atoms with Crippen molar-refractivity contribution in [1.29, 1.82) is 0 Å². The summed E-state index contributed by atoms with van der Waals surface area (Å²) >= 11 is 7.84. The minimum atomic E-state index is -0.476. The second kappa shape index (κ2) is 9.43. The Hall–Kier alpha value is -2.05. The van der Waals surface area contributed by atoms with E-state index in [9.17, 15) is 14.0 Å². The molecule has 0 unspecified atom stereocenters. The SMILES string of the molecule is CCSCc1ccc(C(=O)N2CCN(C(=O)c3ccc(F)cc3Cl)CC2)cc1. The van der Waals surface area contributed by atoms with Crippen LogP contribution in [0.2, 0.25) is 5.02 Å². The van der Waals surface area contributed by atoms with Gasteiger partial charge in [0.15, 0.2) is 0 Å². The van der Waals surface area contributed by atoms with Crippen molar-refractivity contribution in [3.05, 3.63) is 70.0 Å². The summed E-state index contributed by atoms with van der Waals surface area (Å²) in [6, 6.07) is 11.5. The topological polar surface area (TPSA) is 40.6 Å². The summed E-state index contributed by atoms with van der Waals surface area (Å²) in [4.78, 5) is 28.7. The summed E-state index contributed by atoms with van der Waals surface area (Å²) in [6.45, 7) is 3.87. The normalized spacial score (nSPS) is 14.2. The molecule has 2 amide bonds. The summed E-state index contributed by atoms with van der Waals surface area (Å²) < 4.78 is 13.2. The molecule has 0 N–H and O–H groups in total. The second-order valence-electron chi connectivity index (χ2n) is 6.54. The van der Waals surface area contributed by atoms with Crippen LogP contribution in [0.25, 0.3) is 0 Å². The highest BCUT2D eigenvalue weighted by atomic mass is 35.5. The van der Waals surface area contributed by atoms with Crippen molar-refractivity contribution in [3.63, 3.8) is 0 Å². The number of carbonyl (C=O) groups excluding carboxylic acids is 2. The first-order valence-electron chi connectivity index (χ1n) is 9.20. The van der Waals surface area contributed by atoms with Gasteiger partial charge in [0, 0.05) is 37.5 Å². The van der Waals surface area contributed by atoms with Crippen LogP contribution in [0.5, 0.6) is 0 Å². The standard InChI is InChI=1S/C21H22ClFN2O2S/c1-2-28-14-15-3-5-16(6-4-15)20(26)24-9-11-25(12-10-24)21(27)18-8-7-17(23)13-19(18)22/h3-8,13H,2,9-12,14H2,1H3. The molecule has 148 valence electrons. The van der Waals surface area contributed by atoms with Crippen LogP contribution in [-0.2, 0) is 5.75 Å². The summed E-state index contributed by atoms with van der Waals surface area (Å²) in [6.07, 6.45) is 0. The fourth-order valence-corrected chi connectivity index (χ4v) is 3.97. The van der Waals surface area contributed by atoms with E-state index >= 15 is 0 Å². The first-order chi connectivity index (χ1) is 13.5. The molecule has 0 spiro atoms. The molecule has 1 saturated heterocycles. The van der Waals surface area contributed by atoms with Gasteiger partial charge in [-0.05, 0) is 41.6 Å². The lowest BCUT2D eigenvalue weighted by Crippen LogP contribution is -2.50. The van der Waals surface area contributed by atoms with E-state index in [2.05, 4.69) is 6.92 Å². The zero-order valence-corrected chi connectivity index (χ0v) is 17.2. The monoisotopic (exact) mass is 420 g/mol. The van der Waals surface area contributed by atoms with E-state index in [1.54, 1.807) is 9.80 Å². The van der Waals surface area contributed by atoms with Crippen molar-refractivity contribution >= 4 is 35.2 Å². The van der Waals surface area contributed by atoms with Crippen LogP contribution in [0.15, 0.2) is 42.5 Å². The first-order valence-corrected chi connectivity index (χ1v) is 10.7. The van der Waals surface area contributed by atoms with E-state index < -0.39 is 5.82 Å². The van der Waals surface area contributed by atoms with E-state index in [1.165, 1.54) is 17.7 Å². The third-order valence-corrected chi connectivity index (χ3v) is 5.95. The molecule has 2 aromatic carbocycles. The second-order valence-corrected chi connectivity index (χ2v) is 8.22. The number of hydrogen-bond acceptors (Lipinski definition) is 3. The maximum Gasteiger partial charge on any atom is 0.255 e. The first kappa shape index (κ1) is 20.7. The van der Waals surface area contributed by atoms with Gasteiger partial charge < -0.3 is 9.80 Å². The van der Waals surface area contributed by atoms with Crippen LogP contribution in [0.4, 0.5) is 4.39 Å². The van der Waals surface area contributed by atoms with Gasteiger partial charge in [0.05, 0.1) is 10.6 Å². The molecule has 1 fully saturated rings. The Morgan fingerprint density at radius 2 is 1.61 bits per heavy atom. The zero-order valence-electron chi connectivity index (χ0n) is 15.7. The quantitative estimate of drug-likeness (QED) is 0.722. The summed E-state index contributed by atoms with van der Waals surface area (Å²) in [5.74, 6) is 1.26. The average Bonchev–Trinajstić information content (AvgIpc) is 2.72. The molecule has 2 aromatic rings. The van der Waals surface area contributed by atoms with Crippen molar-refractivity contribution in [2.45, 2.75) is 12.7 Å². The minimum absolute atomic E-state index is 0.0263. The highest BCUT2D eigenvalue weighted by Gasteiger charge is 2.26. The van der Waals surface area contributed by atoms with Gasteiger partial charge in [-0.1, -0.05) is 30.7 Å². The molecule has 1 aliphatic heterocycles. The zero-order chi connectivity index (χ0) is 20.1. The molecule has 0 atom stereocenters. The lowest BCUT2D eigenvalue weighted by atomic mass is 10.1. The van der Waals surface area contributed by atoms with Crippen molar-refractivity contribution in [2.75, 3.05) is 31.9 Å². The van der Waals surface area contributed by atoms with Crippen LogP contribution < -0.4 is 0 Å². The molecule has 4 nitrogen and oxygen atoms in total. The van der Waals surface area contributed by atoms with Crippen LogP contribution in [-0.4, -0.2) is 53.5 Å². The number of thioether (sulfide) groups is 1. The maximum atomic E-state index is 13.2. The number of benzene rings is 2. The molecule has 3 rings (SSSR count). The predicted octanol–water partition coefficient (Wildman–Crippen LogP) is 4.33. The van der Waals surface area contributed by atoms with Crippen LogP contribution in [0.3, 0.4) is 0 Å². The smallest absolute Gasteiger partial charge is 0.255 e. The maximum absolute atomic E-state index is 13.2. The summed E-state index contributed by atoms with van der Waals surface area (Å²) in [5, 5.41) is 0.102. The van der Waals surface area contributed by atoms with E-state index in [-0.39, 0.29) is 22.4 Å². The van der Waals surface area contributed by atoms with E-state index in [0.717, 1.165) is 17.6 Å². The predicted molar refractivity (Wildman–Crippen MR) is 111 cm³/mol. The highest BCUT2D eigenvalue weighted by molar-refractivity contribution is 7.98. The number of halogens is 2. The van der Waals surface area contributed by atoms with Gasteiger partial charge >= 0.3 is 0 Å². The molecule has 0 saturated carbocycles. The molecule has 28 heavy (non-hydrogen) atoms. The molecule has 0 bridgehead atoms. The summed E-state index contributed by atoms with van der Waals surface area (Å²) in [5.41, 5.74) is 2.14. The number of carbonyl (C=O) groups is 2. The Kier molecular flexibility index (Phi) is 6.97. The Balaban J connectivity index is 1.58. The van der Waals surface area contributed by atoms with Crippen LogP contribution >= 0.6 is 23.4 Å². The lowest BCUT2D eigenvalue weighted by Gasteiger charge is -2.35. The molecule has 0 aliphatic carbocycles. The Morgan fingerprint density at radius 1 is 1.00 bits per heavy atom. The number of amides is 2. The molecule has 1 aliphatic rings. The number of rotatable bonds is 5. The highest BCUT2D eigenvalue weighted by Crippen LogP contribution is 2.20. The molecular formula is C21H22ClFN2O2S. The van der Waals surface area contributed by atoms with Gasteiger partial charge in [0.25, 0.3) is 11.8 Å². The van der Waals surface area contributed by atoms with Crippen molar-refractivity contribution < 1.29 is 14.0 Å². The number of hydrogen-bond donors (Lipinski definition) is 0. The van der Waals surface area contributed by atoms with Gasteiger partial charge in [0.1, 0.15) is 5.82 Å². The fraction of sp³-hybridized carbons (Fsp3) is 0.333. The van der Waals surface area contributed by atoms with Crippen LogP contribution in [0, 0.1) is 5.82 Å². The Bertz CT molecular complexity index is 852. The molecule has 0 radical (unpaired) electrons. The van der Waals surface area contributed by atoms with Crippen molar-refractivity contribution in [3.8, 4) is 0 Å². The van der Waals surface area contributed by atoms with E-state index in [0.29, 0.717) is 31.7 Å². The van der Waals surface area contributed by atoms with Crippen molar-refractivity contribution in [1.82, 2.24) is 9.80 Å². The van der Waals surface area contributed by atoms with E-state index in [4.69, 9.17) is 11.6 Å². The fourth-order valence-electron chi connectivity index (χ4n) is 3.09.